The van der Waals surface area contributed by atoms with Crippen molar-refractivity contribution in [2.75, 3.05) is 6.54 Å². The maximum absolute atomic E-state index is 8.86. The summed E-state index contributed by atoms with van der Waals surface area (Å²) < 4.78 is 63.2. The van der Waals surface area contributed by atoms with Crippen LogP contribution in [0.25, 0.3) is 0 Å². The Bertz CT molecular complexity index is 317. The quantitative estimate of drug-likeness (QED) is 0.357. The molecule has 10 nitrogen and oxygen atoms in total. The van der Waals surface area contributed by atoms with Gasteiger partial charge < -0.3 is 10.8 Å². The first-order valence-electron chi connectivity index (χ1n) is 4.59. The van der Waals surface area contributed by atoms with Crippen LogP contribution in [0, 0.1) is 0 Å². The molecule has 0 aromatic carbocycles. The van der Waals surface area contributed by atoms with Gasteiger partial charge in [0, 0.05) is 6.54 Å². The molecule has 0 aliphatic carbocycles. The molecule has 0 bridgehead atoms. The van der Waals surface area contributed by atoms with E-state index in [1.165, 1.54) is 0 Å². The zero-order valence-corrected chi connectivity index (χ0v) is 11.3. The van der Waals surface area contributed by atoms with Gasteiger partial charge >= 0.3 is 20.8 Å². The molecule has 7 N–H and O–H groups in total. The Balaban J connectivity index is -0.000000197. The van der Waals surface area contributed by atoms with Crippen LogP contribution in [-0.2, 0) is 20.8 Å². The van der Waals surface area contributed by atoms with Crippen molar-refractivity contribution >= 4 is 20.8 Å². The van der Waals surface area contributed by atoms with Crippen molar-refractivity contribution in [2.24, 2.45) is 5.73 Å². The van der Waals surface area contributed by atoms with Gasteiger partial charge in [0.2, 0.25) is 0 Å². The number of unbranched alkanes of at least 4 members (excludes halogenated alkanes) is 1. The second-order valence-electron chi connectivity index (χ2n) is 2.93. The molecule has 0 spiro atoms. The zero-order valence-electron chi connectivity index (χ0n) is 9.67. The summed E-state index contributed by atoms with van der Waals surface area (Å²) in [5, 5.41) is 8.86. The molecular weight excluding hydrogens is 294 g/mol. The molecule has 1 atom stereocenters. The summed E-state index contributed by atoms with van der Waals surface area (Å²) in [7, 11) is -9.33. The standard InChI is InChI=1S/C6H15NO.2H2O4S/c1-2-3-4-6(8)5-7;2*1-5(2,3)4/h6,8H,2-5,7H2,1H3;2*(H2,1,2,3,4). The lowest BCUT2D eigenvalue weighted by Gasteiger charge is -2.03. The predicted molar refractivity (Wildman–Crippen MR) is 62.9 cm³/mol. The molecule has 18 heavy (non-hydrogen) atoms. The molecule has 0 aliphatic heterocycles. The van der Waals surface area contributed by atoms with E-state index < -0.39 is 20.8 Å². The van der Waals surface area contributed by atoms with E-state index in [9.17, 15) is 0 Å². The number of nitrogens with two attached hydrogens (primary N) is 1. The molecule has 0 fully saturated rings. The number of hydrogen-bond donors (Lipinski definition) is 6. The SMILES string of the molecule is CCCCC(O)CN.O=S(=O)(O)O.O=S(=O)(O)O. The van der Waals surface area contributed by atoms with Crippen LogP contribution in [0.2, 0.25) is 0 Å². The lowest BCUT2D eigenvalue weighted by atomic mass is 10.2. The number of aliphatic hydroxyl groups excluding tert-OH is 1. The van der Waals surface area contributed by atoms with E-state index in [1.807, 2.05) is 0 Å². The first-order chi connectivity index (χ1) is 7.81. The Morgan fingerprint density at radius 3 is 1.44 bits per heavy atom. The largest absolute Gasteiger partial charge is 0.394 e. The zero-order chi connectivity index (χ0) is 15.4. The van der Waals surface area contributed by atoms with Crippen molar-refractivity contribution in [2.45, 2.75) is 32.3 Å². The summed E-state index contributed by atoms with van der Waals surface area (Å²) in [5.74, 6) is 0. The summed E-state index contributed by atoms with van der Waals surface area (Å²) in [5.41, 5.74) is 5.16. The van der Waals surface area contributed by atoms with E-state index in [0.29, 0.717) is 6.54 Å². The van der Waals surface area contributed by atoms with Crippen LogP contribution in [0.5, 0.6) is 0 Å². The van der Waals surface area contributed by atoms with Crippen molar-refractivity contribution in [3.8, 4) is 0 Å². The van der Waals surface area contributed by atoms with Gasteiger partial charge in [-0.05, 0) is 6.42 Å². The highest BCUT2D eigenvalue weighted by molar-refractivity contribution is 7.80. The normalized spacial score (nSPS) is 12.6. The Morgan fingerprint density at radius 2 is 1.28 bits per heavy atom. The van der Waals surface area contributed by atoms with Crippen molar-refractivity contribution in [3.63, 3.8) is 0 Å². The van der Waals surface area contributed by atoms with E-state index >= 15 is 0 Å². The van der Waals surface area contributed by atoms with Crippen LogP contribution >= 0.6 is 0 Å². The third-order valence-corrected chi connectivity index (χ3v) is 1.16. The van der Waals surface area contributed by atoms with Crippen molar-refractivity contribution in [3.05, 3.63) is 0 Å². The Morgan fingerprint density at radius 1 is 1.00 bits per heavy atom. The lowest BCUT2D eigenvalue weighted by Crippen LogP contribution is -2.18. The Hall–Kier alpha value is -0.340. The minimum atomic E-state index is -4.67. The fourth-order valence-electron chi connectivity index (χ4n) is 0.558. The highest BCUT2D eigenvalue weighted by atomic mass is 32.3. The van der Waals surface area contributed by atoms with Crippen molar-refractivity contribution in [1.82, 2.24) is 0 Å². The van der Waals surface area contributed by atoms with Gasteiger partial charge in [0.05, 0.1) is 6.10 Å². The van der Waals surface area contributed by atoms with Crippen LogP contribution < -0.4 is 5.73 Å². The predicted octanol–water partition coefficient (Wildman–Crippen LogP) is -0.809. The molecule has 12 heteroatoms. The minimum absolute atomic E-state index is 0.269. The van der Waals surface area contributed by atoms with Gasteiger partial charge in [-0.25, -0.2) is 0 Å². The molecule has 0 amide bonds. The van der Waals surface area contributed by atoms with Crippen molar-refractivity contribution in [1.29, 1.82) is 0 Å². The summed E-state index contributed by atoms with van der Waals surface area (Å²) >= 11 is 0. The van der Waals surface area contributed by atoms with Gasteiger partial charge in [0.15, 0.2) is 0 Å². The number of hydrogen-bond acceptors (Lipinski definition) is 6. The monoisotopic (exact) mass is 313 g/mol. The smallest absolute Gasteiger partial charge is 0.392 e. The Kier molecular flexibility index (Phi) is 14.9. The molecule has 0 saturated heterocycles. The van der Waals surface area contributed by atoms with Crippen molar-refractivity contribution < 1.29 is 40.2 Å². The minimum Gasteiger partial charge on any atom is -0.392 e. The average Bonchev–Trinajstić information content (AvgIpc) is 2.08. The maximum Gasteiger partial charge on any atom is 0.394 e. The fourth-order valence-corrected chi connectivity index (χ4v) is 0.558. The lowest BCUT2D eigenvalue weighted by molar-refractivity contribution is 0.169. The fraction of sp³-hybridized carbons (Fsp3) is 1.00. The highest BCUT2D eigenvalue weighted by Gasteiger charge is 1.96. The van der Waals surface area contributed by atoms with Gasteiger partial charge in [0.25, 0.3) is 0 Å². The molecular formula is C6H19NO9S2. The summed E-state index contributed by atoms with van der Waals surface area (Å²) in [6.45, 7) is 2.50. The van der Waals surface area contributed by atoms with Crippen LogP contribution in [0.1, 0.15) is 26.2 Å². The molecule has 114 valence electrons. The van der Waals surface area contributed by atoms with Gasteiger partial charge in [0.1, 0.15) is 0 Å². The molecule has 0 aromatic heterocycles. The van der Waals surface area contributed by atoms with Gasteiger partial charge in [-0.2, -0.15) is 16.8 Å². The van der Waals surface area contributed by atoms with Crippen LogP contribution in [0.15, 0.2) is 0 Å². The van der Waals surface area contributed by atoms with Crippen LogP contribution in [0.4, 0.5) is 0 Å². The van der Waals surface area contributed by atoms with E-state index in [2.05, 4.69) is 6.92 Å². The highest BCUT2D eigenvalue weighted by Crippen LogP contribution is 1.97. The van der Waals surface area contributed by atoms with Gasteiger partial charge in [-0.1, -0.05) is 19.8 Å². The van der Waals surface area contributed by atoms with E-state index in [1.54, 1.807) is 0 Å². The summed E-state index contributed by atoms with van der Waals surface area (Å²) in [4.78, 5) is 0. The van der Waals surface area contributed by atoms with E-state index in [0.717, 1.165) is 19.3 Å². The first kappa shape index (κ1) is 22.8. The molecule has 0 saturated carbocycles. The molecule has 0 heterocycles. The molecule has 0 aromatic rings. The third-order valence-electron chi connectivity index (χ3n) is 1.16. The summed E-state index contributed by atoms with van der Waals surface area (Å²) in [6.07, 6.45) is 2.80. The molecule has 1 unspecified atom stereocenters. The topological polar surface area (TPSA) is 195 Å². The Labute approximate surface area is 106 Å². The summed E-state index contributed by atoms with van der Waals surface area (Å²) in [6, 6.07) is 0. The average molecular weight is 313 g/mol. The number of aliphatic hydroxyl groups is 1. The second-order valence-corrected chi connectivity index (χ2v) is 4.72. The van der Waals surface area contributed by atoms with E-state index in [4.69, 9.17) is 45.9 Å². The van der Waals surface area contributed by atoms with Gasteiger partial charge in [-0.3, -0.25) is 18.2 Å². The molecule has 0 radical (unpaired) electrons. The van der Waals surface area contributed by atoms with Crippen LogP contribution in [0.3, 0.4) is 0 Å². The van der Waals surface area contributed by atoms with Gasteiger partial charge in [-0.15, -0.1) is 0 Å². The maximum atomic E-state index is 8.86. The second kappa shape index (κ2) is 11.7. The van der Waals surface area contributed by atoms with E-state index in [-0.39, 0.29) is 6.10 Å². The molecule has 0 aliphatic rings. The van der Waals surface area contributed by atoms with Crippen LogP contribution in [-0.4, -0.2) is 52.8 Å². The molecule has 0 rings (SSSR count). The first-order valence-corrected chi connectivity index (χ1v) is 7.38. The number of rotatable bonds is 4. The third kappa shape index (κ3) is 105.